The zero-order valence-corrected chi connectivity index (χ0v) is 11.3. The number of ether oxygens (including phenoxy) is 3. The van der Waals surface area contributed by atoms with E-state index in [1.807, 2.05) is 30.3 Å². The van der Waals surface area contributed by atoms with E-state index in [-0.39, 0.29) is 0 Å². The quantitative estimate of drug-likeness (QED) is 0.858. The Morgan fingerprint density at radius 1 is 0.737 bits per heavy atom. The highest BCUT2D eigenvalue weighted by Crippen LogP contribution is 2.36. The van der Waals surface area contributed by atoms with Crippen molar-refractivity contribution in [3.8, 4) is 28.4 Å². The average Bonchev–Trinajstić information content (AvgIpc) is 2.46. The van der Waals surface area contributed by atoms with Gasteiger partial charge in [0.05, 0.1) is 21.3 Å². The molecule has 100 valence electrons. The largest absolute Gasteiger partial charge is 0.496 e. The smallest absolute Gasteiger partial charge is 0.161 e. The fourth-order valence-corrected chi connectivity index (χ4v) is 1.95. The number of nitrogen functional groups attached to an aromatic ring is 1. The molecule has 0 aromatic heterocycles. The van der Waals surface area contributed by atoms with E-state index in [0.29, 0.717) is 17.2 Å². The van der Waals surface area contributed by atoms with Gasteiger partial charge >= 0.3 is 0 Å². The van der Waals surface area contributed by atoms with Gasteiger partial charge in [-0.15, -0.1) is 0 Å². The van der Waals surface area contributed by atoms with E-state index in [1.54, 1.807) is 27.4 Å². The number of anilines is 1. The molecule has 0 unspecified atom stereocenters. The molecule has 2 N–H and O–H groups in total. The van der Waals surface area contributed by atoms with Crippen molar-refractivity contribution in [2.45, 2.75) is 0 Å². The molecule has 0 heterocycles. The van der Waals surface area contributed by atoms with Crippen molar-refractivity contribution in [3.63, 3.8) is 0 Å². The Balaban J connectivity index is 2.53. The average molecular weight is 259 g/mol. The van der Waals surface area contributed by atoms with Crippen LogP contribution >= 0.6 is 0 Å². The highest BCUT2D eigenvalue weighted by Gasteiger charge is 2.10. The monoisotopic (exact) mass is 259 g/mol. The van der Waals surface area contributed by atoms with Gasteiger partial charge in [0, 0.05) is 17.3 Å². The molecule has 4 heteroatoms. The normalized spacial score (nSPS) is 10.1. The number of benzene rings is 2. The third-order valence-corrected chi connectivity index (χ3v) is 2.92. The number of nitrogens with two attached hydrogens (primary N) is 1. The predicted molar refractivity (Wildman–Crippen MR) is 75.9 cm³/mol. The van der Waals surface area contributed by atoms with Gasteiger partial charge in [0.2, 0.25) is 0 Å². The van der Waals surface area contributed by atoms with Crippen LogP contribution in [0.3, 0.4) is 0 Å². The topological polar surface area (TPSA) is 53.7 Å². The molecule has 0 atom stereocenters. The van der Waals surface area contributed by atoms with Gasteiger partial charge in [-0.1, -0.05) is 6.07 Å². The standard InChI is InChI=1S/C15H17NO3/c1-17-13-7-4-10(8-15(13)19-3)12-6-5-11(16)9-14(12)18-2/h4-9H,16H2,1-3H3. The molecule has 0 saturated carbocycles. The molecule has 0 aliphatic rings. The first-order chi connectivity index (χ1) is 9.19. The Hall–Kier alpha value is -2.36. The van der Waals surface area contributed by atoms with Crippen LogP contribution in [0, 0.1) is 0 Å². The van der Waals surface area contributed by atoms with Crippen molar-refractivity contribution < 1.29 is 14.2 Å². The van der Waals surface area contributed by atoms with E-state index in [1.165, 1.54) is 0 Å². The lowest BCUT2D eigenvalue weighted by atomic mass is 10.0. The van der Waals surface area contributed by atoms with Crippen molar-refractivity contribution >= 4 is 5.69 Å². The second kappa shape index (κ2) is 5.52. The van der Waals surface area contributed by atoms with E-state index >= 15 is 0 Å². The third kappa shape index (κ3) is 2.57. The van der Waals surface area contributed by atoms with Gasteiger partial charge < -0.3 is 19.9 Å². The fraction of sp³-hybridized carbons (Fsp3) is 0.200. The third-order valence-electron chi connectivity index (χ3n) is 2.92. The number of rotatable bonds is 4. The molecule has 0 bridgehead atoms. The number of hydrogen-bond donors (Lipinski definition) is 1. The zero-order chi connectivity index (χ0) is 13.8. The lowest BCUT2D eigenvalue weighted by Crippen LogP contribution is -1.93. The molecular formula is C15H17NO3. The molecule has 2 aromatic rings. The molecule has 0 saturated heterocycles. The highest BCUT2D eigenvalue weighted by atomic mass is 16.5. The maximum atomic E-state index is 5.76. The second-order valence-electron chi connectivity index (χ2n) is 4.03. The van der Waals surface area contributed by atoms with Crippen LogP contribution in [0.4, 0.5) is 5.69 Å². The SMILES string of the molecule is COc1ccc(-c2ccc(N)cc2OC)cc1OC. The van der Waals surface area contributed by atoms with Gasteiger partial charge in [0.25, 0.3) is 0 Å². The van der Waals surface area contributed by atoms with E-state index in [0.717, 1.165) is 16.9 Å². The fourth-order valence-electron chi connectivity index (χ4n) is 1.95. The molecule has 0 aliphatic heterocycles. The van der Waals surface area contributed by atoms with Crippen LogP contribution in [0.2, 0.25) is 0 Å². The molecule has 0 aliphatic carbocycles. The molecule has 2 rings (SSSR count). The van der Waals surface area contributed by atoms with E-state index in [2.05, 4.69) is 0 Å². The Labute approximate surface area is 112 Å². The Kier molecular flexibility index (Phi) is 3.80. The summed E-state index contributed by atoms with van der Waals surface area (Å²) in [5.74, 6) is 2.10. The van der Waals surface area contributed by atoms with Crippen molar-refractivity contribution in [2.24, 2.45) is 0 Å². The predicted octanol–water partition coefficient (Wildman–Crippen LogP) is 2.96. The van der Waals surface area contributed by atoms with Crippen LogP contribution in [0.25, 0.3) is 11.1 Å². The minimum absolute atomic E-state index is 0.668. The summed E-state index contributed by atoms with van der Waals surface area (Å²) in [7, 11) is 4.85. The highest BCUT2D eigenvalue weighted by molar-refractivity contribution is 5.75. The molecule has 4 nitrogen and oxygen atoms in total. The van der Waals surface area contributed by atoms with Crippen molar-refractivity contribution in [1.82, 2.24) is 0 Å². The molecule has 2 aromatic carbocycles. The summed E-state index contributed by atoms with van der Waals surface area (Å²) in [5.41, 5.74) is 8.36. The van der Waals surface area contributed by atoms with Crippen LogP contribution < -0.4 is 19.9 Å². The molecule has 0 spiro atoms. The summed E-state index contributed by atoms with van der Waals surface area (Å²) in [6.07, 6.45) is 0. The van der Waals surface area contributed by atoms with E-state index in [4.69, 9.17) is 19.9 Å². The first-order valence-electron chi connectivity index (χ1n) is 5.85. The summed E-state index contributed by atoms with van der Waals surface area (Å²) in [5, 5.41) is 0. The number of hydrogen-bond acceptors (Lipinski definition) is 4. The van der Waals surface area contributed by atoms with Crippen LogP contribution in [0.15, 0.2) is 36.4 Å². The van der Waals surface area contributed by atoms with Crippen LogP contribution in [0.5, 0.6) is 17.2 Å². The van der Waals surface area contributed by atoms with Crippen molar-refractivity contribution in [3.05, 3.63) is 36.4 Å². The summed E-state index contributed by atoms with van der Waals surface area (Å²) in [4.78, 5) is 0. The zero-order valence-electron chi connectivity index (χ0n) is 11.3. The molecular weight excluding hydrogens is 242 g/mol. The first kappa shape index (κ1) is 13.1. The van der Waals surface area contributed by atoms with Crippen molar-refractivity contribution in [2.75, 3.05) is 27.1 Å². The maximum absolute atomic E-state index is 5.76. The Morgan fingerprint density at radius 3 is 2.05 bits per heavy atom. The Bertz CT molecular complexity index is 582. The number of methoxy groups -OCH3 is 3. The second-order valence-corrected chi connectivity index (χ2v) is 4.03. The van der Waals surface area contributed by atoms with Gasteiger partial charge in [-0.3, -0.25) is 0 Å². The van der Waals surface area contributed by atoms with Crippen LogP contribution in [-0.4, -0.2) is 21.3 Å². The molecule has 19 heavy (non-hydrogen) atoms. The molecule has 0 amide bonds. The summed E-state index contributed by atoms with van der Waals surface area (Å²) < 4.78 is 15.9. The minimum Gasteiger partial charge on any atom is -0.496 e. The Morgan fingerprint density at radius 2 is 1.42 bits per heavy atom. The lowest BCUT2D eigenvalue weighted by Gasteiger charge is -2.12. The summed E-state index contributed by atoms with van der Waals surface area (Å²) in [6.45, 7) is 0. The van der Waals surface area contributed by atoms with Gasteiger partial charge in [0.15, 0.2) is 11.5 Å². The summed E-state index contributed by atoms with van der Waals surface area (Å²) >= 11 is 0. The van der Waals surface area contributed by atoms with Gasteiger partial charge in [-0.05, 0) is 29.8 Å². The van der Waals surface area contributed by atoms with Crippen LogP contribution in [0.1, 0.15) is 0 Å². The first-order valence-corrected chi connectivity index (χ1v) is 5.85. The van der Waals surface area contributed by atoms with Gasteiger partial charge in [-0.2, -0.15) is 0 Å². The van der Waals surface area contributed by atoms with Crippen LogP contribution in [-0.2, 0) is 0 Å². The van der Waals surface area contributed by atoms with Gasteiger partial charge in [0.1, 0.15) is 5.75 Å². The summed E-state index contributed by atoms with van der Waals surface area (Å²) in [6, 6.07) is 11.3. The lowest BCUT2D eigenvalue weighted by molar-refractivity contribution is 0.355. The van der Waals surface area contributed by atoms with Gasteiger partial charge in [-0.25, -0.2) is 0 Å². The molecule has 0 fully saturated rings. The molecule has 0 radical (unpaired) electrons. The van der Waals surface area contributed by atoms with E-state index < -0.39 is 0 Å². The van der Waals surface area contributed by atoms with Crippen molar-refractivity contribution in [1.29, 1.82) is 0 Å². The minimum atomic E-state index is 0.668. The maximum Gasteiger partial charge on any atom is 0.161 e. The van der Waals surface area contributed by atoms with E-state index in [9.17, 15) is 0 Å².